The second-order valence-electron chi connectivity index (χ2n) is 5.15. The molecule has 0 radical (unpaired) electrons. The molecule has 0 unspecified atom stereocenters. The zero-order valence-electron chi connectivity index (χ0n) is 10.3. The minimum absolute atomic E-state index is 0.0972. The van der Waals surface area contributed by atoms with Crippen LogP contribution in [-0.2, 0) is 0 Å². The van der Waals surface area contributed by atoms with Crippen LogP contribution in [0.15, 0.2) is 18.2 Å². The number of benzene rings is 1. The van der Waals surface area contributed by atoms with Crippen molar-refractivity contribution in [3.63, 3.8) is 0 Å². The Morgan fingerprint density at radius 1 is 1.35 bits per heavy atom. The van der Waals surface area contributed by atoms with Crippen molar-refractivity contribution in [1.82, 2.24) is 0 Å². The maximum Gasteiger partial charge on any atom is 0.271 e. The molecule has 1 aromatic carbocycles. The van der Waals surface area contributed by atoms with Crippen LogP contribution in [0, 0.1) is 17.0 Å². The van der Waals surface area contributed by atoms with Crippen LogP contribution >= 0.6 is 0 Å². The van der Waals surface area contributed by atoms with Crippen LogP contribution < -0.4 is 5.32 Å². The fourth-order valence-corrected chi connectivity index (χ4v) is 2.46. The third-order valence-electron chi connectivity index (χ3n) is 3.58. The molecule has 1 aromatic rings. The fourth-order valence-electron chi connectivity index (χ4n) is 2.46. The first kappa shape index (κ1) is 11.9. The van der Waals surface area contributed by atoms with E-state index in [1.165, 1.54) is 12.8 Å². The number of nitro benzene ring substituents is 1. The molecule has 17 heavy (non-hydrogen) atoms. The summed E-state index contributed by atoms with van der Waals surface area (Å²) in [6, 6.07) is 5.00. The van der Waals surface area contributed by atoms with Crippen molar-refractivity contribution in [1.29, 1.82) is 0 Å². The van der Waals surface area contributed by atoms with Gasteiger partial charge in [0.25, 0.3) is 5.69 Å². The quantitative estimate of drug-likeness (QED) is 0.641. The van der Waals surface area contributed by atoms with E-state index in [1.807, 2.05) is 6.92 Å². The molecule has 4 nitrogen and oxygen atoms in total. The topological polar surface area (TPSA) is 55.2 Å². The largest absolute Gasteiger partial charge is 0.379 e. The van der Waals surface area contributed by atoms with Gasteiger partial charge in [-0.3, -0.25) is 10.1 Å². The second-order valence-corrected chi connectivity index (χ2v) is 5.15. The highest BCUT2D eigenvalue weighted by Gasteiger charge is 2.28. The number of hydrogen-bond acceptors (Lipinski definition) is 3. The Kier molecular flexibility index (Phi) is 3.05. The molecule has 0 aliphatic heterocycles. The van der Waals surface area contributed by atoms with E-state index in [4.69, 9.17) is 0 Å². The van der Waals surface area contributed by atoms with E-state index in [9.17, 15) is 10.1 Å². The number of hydrogen-bond donors (Lipinski definition) is 1. The van der Waals surface area contributed by atoms with Crippen molar-refractivity contribution in [3.05, 3.63) is 33.9 Å². The van der Waals surface area contributed by atoms with Crippen LogP contribution in [0.1, 0.15) is 38.2 Å². The smallest absolute Gasteiger partial charge is 0.271 e. The van der Waals surface area contributed by atoms with Gasteiger partial charge in [0.15, 0.2) is 0 Å². The molecular formula is C13H18N2O2. The molecule has 0 amide bonds. The highest BCUT2D eigenvalue weighted by molar-refractivity contribution is 5.58. The summed E-state index contributed by atoms with van der Waals surface area (Å²) >= 11 is 0. The molecule has 1 saturated carbocycles. The molecule has 1 fully saturated rings. The van der Waals surface area contributed by atoms with Crippen LogP contribution in [0.2, 0.25) is 0 Å². The summed E-state index contributed by atoms with van der Waals surface area (Å²) in [5.41, 5.74) is 2.20. The van der Waals surface area contributed by atoms with Crippen LogP contribution in [0.3, 0.4) is 0 Å². The van der Waals surface area contributed by atoms with Gasteiger partial charge in [-0.25, -0.2) is 0 Å². The summed E-state index contributed by atoms with van der Waals surface area (Å²) in [6.45, 7) is 4.17. The predicted molar refractivity (Wildman–Crippen MR) is 68.3 cm³/mol. The van der Waals surface area contributed by atoms with E-state index in [0.717, 1.165) is 24.1 Å². The molecule has 92 valence electrons. The molecule has 0 aromatic heterocycles. The molecule has 1 aliphatic rings. The second kappa shape index (κ2) is 4.35. The average molecular weight is 234 g/mol. The molecule has 0 atom stereocenters. The summed E-state index contributed by atoms with van der Waals surface area (Å²) in [5, 5.41) is 14.2. The van der Waals surface area contributed by atoms with E-state index in [-0.39, 0.29) is 16.1 Å². The summed E-state index contributed by atoms with van der Waals surface area (Å²) in [7, 11) is 0. The SMILES string of the molecule is Cc1ccc([N+](=O)[O-])cc1NC1(C)CCCC1. The lowest BCUT2D eigenvalue weighted by Gasteiger charge is -2.27. The van der Waals surface area contributed by atoms with Crippen LogP contribution in [0.5, 0.6) is 0 Å². The Labute approximate surface area is 101 Å². The molecular weight excluding hydrogens is 216 g/mol. The van der Waals surface area contributed by atoms with Gasteiger partial charge in [-0.1, -0.05) is 18.9 Å². The minimum atomic E-state index is -0.346. The van der Waals surface area contributed by atoms with E-state index in [2.05, 4.69) is 12.2 Å². The molecule has 2 rings (SSSR count). The lowest BCUT2D eigenvalue weighted by Crippen LogP contribution is -2.31. The van der Waals surface area contributed by atoms with Crippen LogP contribution in [0.4, 0.5) is 11.4 Å². The lowest BCUT2D eigenvalue weighted by molar-refractivity contribution is -0.384. The third kappa shape index (κ3) is 2.57. The summed E-state index contributed by atoms with van der Waals surface area (Å²) in [6.07, 6.45) is 4.74. The molecule has 0 spiro atoms. The molecule has 0 heterocycles. The van der Waals surface area contributed by atoms with Crippen LogP contribution in [-0.4, -0.2) is 10.5 Å². The number of anilines is 1. The van der Waals surface area contributed by atoms with Gasteiger partial charge in [-0.15, -0.1) is 0 Å². The fraction of sp³-hybridized carbons (Fsp3) is 0.538. The molecule has 1 N–H and O–H groups in total. The third-order valence-corrected chi connectivity index (χ3v) is 3.58. The van der Waals surface area contributed by atoms with Crippen molar-refractivity contribution in [3.8, 4) is 0 Å². The van der Waals surface area contributed by atoms with Crippen LogP contribution in [0.25, 0.3) is 0 Å². The van der Waals surface area contributed by atoms with Gasteiger partial charge in [-0.2, -0.15) is 0 Å². The van der Waals surface area contributed by atoms with Crippen molar-refractivity contribution in [2.75, 3.05) is 5.32 Å². The highest BCUT2D eigenvalue weighted by atomic mass is 16.6. The van der Waals surface area contributed by atoms with Gasteiger partial charge in [0.05, 0.1) is 4.92 Å². The van der Waals surface area contributed by atoms with Crippen molar-refractivity contribution >= 4 is 11.4 Å². The molecule has 4 heteroatoms. The van der Waals surface area contributed by atoms with Gasteiger partial charge in [0.2, 0.25) is 0 Å². The summed E-state index contributed by atoms with van der Waals surface area (Å²) in [4.78, 5) is 10.4. The number of aryl methyl sites for hydroxylation is 1. The normalized spacial score (nSPS) is 18.0. The van der Waals surface area contributed by atoms with Gasteiger partial charge in [0.1, 0.15) is 0 Å². The Bertz CT molecular complexity index is 437. The van der Waals surface area contributed by atoms with E-state index < -0.39 is 0 Å². The lowest BCUT2D eigenvalue weighted by atomic mass is 9.99. The molecule has 0 saturated heterocycles. The number of nitrogens with zero attached hydrogens (tertiary/aromatic N) is 1. The zero-order chi connectivity index (χ0) is 12.5. The predicted octanol–water partition coefficient (Wildman–Crippen LogP) is 3.65. The summed E-state index contributed by atoms with van der Waals surface area (Å²) < 4.78 is 0. The Morgan fingerprint density at radius 3 is 2.59 bits per heavy atom. The Balaban J connectivity index is 2.25. The number of rotatable bonds is 3. The highest BCUT2D eigenvalue weighted by Crippen LogP contribution is 2.34. The van der Waals surface area contributed by atoms with Crippen molar-refractivity contribution < 1.29 is 4.92 Å². The number of nitrogens with one attached hydrogen (secondary N) is 1. The average Bonchev–Trinajstić information content (AvgIpc) is 2.68. The van der Waals surface area contributed by atoms with Crippen molar-refractivity contribution in [2.45, 2.75) is 45.1 Å². The van der Waals surface area contributed by atoms with Crippen molar-refractivity contribution in [2.24, 2.45) is 0 Å². The van der Waals surface area contributed by atoms with Gasteiger partial charge >= 0.3 is 0 Å². The maximum atomic E-state index is 10.8. The summed E-state index contributed by atoms with van der Waals surface area (Å²) in [5.74, 6) is 0. The maximum absolute atomic E-state index is 10.8. The van der Waals surface area contributed by atoms with Gasteiger partial charge in [0, 0.05) is 23.4 Å². The monoisotopic (exact) mass is 234 g/mol. The zero-order valence-corrected chi connectivity index (χ0v) is 10.3. The Morgan fingerprint density at radius 2 is 2.00 bits per heavy atom. The standard InChI is InChI=1S/C13H18N2O2/c1-10-5-6-11(15(16)17)9-12(10)14-13(2)7-3-4-8-13/h5-6,9,14H,3-4,7-8H2,1-2H3. The van der Waals surface area contributed by atoms with E-state index in [0.29, 0.717) is 0 Å². The number of nitro groups is 1. The first-order valence-electron chi connectivity index (χ1n) is 6.03. The Hall–Kier alpha value is -1.58. The van der Waals surface area contributed by atoms with Gasteiger partial charge < -0.3 is 5.32 Å². The molecule has 1 aliphatic carbocycles. The van der Waals surface area contributed by atoms with E-state index >= 15 is 0 Å². The number of non-ortho nitro benzene ring substituents is 1. The van der Waals surface area contributed by atoms with E-state index in [1.54, 1.807) is 18.2 Å². The van der Waals surface area contributed by atoms with Gasteiger partial charge in [-0.05, 0) is 32.3 Å². The first-order valence-corrected chi connectivity index (χ1v) is 6.03. The first-order chi connectivity index (χ1) is 8.00. The molecule has 0 bridgehead atoms. The minimum Gasteiger partial charge on any atom is -0.379 e.